The summed E-state index contributed by atoms with van der Waals surface area (Å²) in [6.07, 6.45) is -6.53. The van der Waals surface area contributed by atoms with E-state index in [9.17, 15) is 24.2 Å². The van der Waals surface area contributed by atoms with Crippen molar-refractivity contribution >= 4 is 12.0 Å². The summed E-state index contributed by atoms with van der Waals surface area (Å²) >= 11 is 0. The van der Waals surface area contributed by atoms with Crippen LogP contribution >= 0.6 is 0 Å². The highest BCUT2D eigenvalue weighted by Gasteiger charge is 2.65. The van der Waals surface area contributed by atoms with Crippen molar-refractivity contribution in [2.75, 3.05) is 13.2 Å². The molecule has 0 aromatic heterocycles. The van der Waals surface area contributed by atoms with Crippen LogP contribution in [0.4, 0.5) is 9.18 Å². The third-order valence-corrected chi connectivity index (χ3v) is 3.43. The van der Waals surface area contributed by atoms with Crippen molar-refractivity contribution in [1.82, 2.24) is 10.2 Å². The molecule has 0 bridgehead atoms. The molecule has 0 aromatic rings. The fraction of sp³-hybridized carbons (Fsp3) is 0.800. The van der Waals surface area contributed by atoms with Gasteiger partial charge in [0.1, 0.15) is 18.4 Å². The molecule has 2 rings (SSSR count). The van der Waals surface area contributed by atoms with E-state index in [0.29, 0.717) is 0 Å². The van der Waals surface area contributed by atoms with Crippen LogP contribution in [0, 0.1) is 0 Å². The number of carbonyl (C=O) groups excluding carboxylic acids is 1. The number of aliphatic hydroxyl groups excluding tert-OH is 3. The Balaban J connectivity index is 2.29. The highest BCUT2D eigenvalue weighted by Crippen LogP contribution is 2.37. The summed E-state index contributed by atoms with van der Waals surface area (Å²) in [5.41, 5.74) is -3.26. The van der Waals surface area contributed by atoms with E-state index >= 15 is 0 Å². The van der Waals surface area contributed by atoms with Gasteiger partial charge in [0.25, 0.3) is 5.67 Å². The second kappa shape index (κ2) is 5.13. The average Bonchev–Trinajstić information content (AvgIpc) is 2.64. The number of nitrogens with one attached hydrogen (secondary N) is 1. The van der Waals surface area contributed by atoms with Gasteiger partial charge in [-0.15, -0.1) is 0 Å². The van der Waals surface area contributed by atoms with E-state index in [1.165, 1.54) is 0 Å². The maximum atomic E-state index is 14.6. The van der Waals surface area contributed by atoms with Crippen LogP contribution in [0.25, 0.3) is 0 Å². The molecule has 9 nitrogen and oxygen atoms in total. The van der Waals surface area contributed by atoms with Crippen molar-refractivity contribution in [1.29, 1.82) is 0 Å². The molecule has 0 aliphatic carbocycles. The van der Waals surface area contributed by atoms with Crippen LogP contribution in [0.1, 0.15) is 6.42 Å². The fourth-order valence-corrected chi connectivity index (χ4v) is 2.32. The lowest BCUT2D eigenvalue weighted by atomic mass is 9.95. The molecular weight excluding hydrogens is 279 g/mol. The third kappa shape index (κ3) is 2.10. The number of aliphatic carboxylic acids is 1. The van der Waals surface area contributed by atoms with Gasteiger partial charge in [0, 0.05) is 13.0 Å². The molecule has 2 amide bonds. The summed E-state index contributed by atoms with van der Waals surface area (Å²) in [5.74, 6) is -2.00. The number of urea groups is 1. The van der Waals surface area contributed by atoms with Gasteiger partial charge < -0.3 is 30.5 Å². The number of ether oxygens (including phenoxy) is 1. The molecule has 5 N–H and O–H groups in total. The number of halogens is 1. The van der Waals surface area contributed by atoms with E-state index < -0.39 is 48.9 Å². The van der Waals surface area contributed by atoms with E-state index in [-0.39, 0.29) is 13.0 Å². The molecule has 10 heteroatoms. The lowest BCUT2D eigenvalue weighted by Crippen LogP contribution is -2.63. The van der Waals surface area contributed by atoms with E-state index in [4.69, 9.17) is 14.9 Å². The number of alkyl halides is 1. The van der Waals surface area contributed by atoms with Crippen molar-refractivity contribution in [3.63, 3.8) is 0 Å². The second-order valence-corrected chi connectivity index (χ2v) is 4.67. The Labute approximate surface area is 112 Å². The first-order valence-electron chi connectivity index (χ1n) is 5.94. The lowest BCUT2D eigenvalue weighted by Gasteiger charge is -2.37. The van der Waals surface area contributed by atoms with Gasteiger partial charge in [0.05, 0.1) is 6.61 Å². The quantitative estimate of drug-likeness (QED) is 0.390. The van der Waals surface area contributed by atoms with Crippen LogP contribution in [0.15, 0.2) is 0 Å². The number of rotatable bonds is 3. The Hall–Kier alpha value is -1.49. The molecular formula is C10H15FN2O7. The Morgan fingerprint density at radius 3 is 2.70 bits per heavy atom. The first kappa shape index (κ1) is 14.9. The van der Waals surface area contributed by atoms with Gasteiger partial charge in [0.2, 0.25) is 0 Å². The van der Waals surface area contributed by atoms with E-state index in [2.05, 4.69) is 5.32 Å². The summed E-state index contributed by atoms with van der Waals surface area (Å²) in [6, 6.07) is -0.914. The first-order valence-corrected chi connectivity index (χ1v) is 5.94. The standard InChI is InChI=1S/C10H15FN2O7/c11-10(8(17)18)6(16)4(3-14)20-7(10)13-2-1-5(15)12-9(13)19/h4-7,14-16H,1-3H2,(H,12,19)(H,17,18)/t4-,5?,6-,7?,10-/m1/s1. The highest BCUT2D eigenvalue weighted by molar-refractivity contribution is 5.82. The first-order chi connectivity index (χ1) is 9.32. The van der Waals surface area contributed by atoms with Gasteiger partial charge in [-0.1, -0.05) is 0 Å². The largest absolute Gasteiger partial charge is 0.479 e. The number of carboxylic acid groups (broad SMARTS) is 1. The van der Waals surface area contributed by atoms with Gasteiger partial charge in [-0.2, -0.15) is 0 Å². The topological polar surface area (TPSA) is 140 Å². The van der Waals surface area contributed by atoms with Gasteiger partial charge in [-0.3, -0.25) is 4.90 Å². The predicted molar refractivity (Wildman–Crippen MR) is 59.1 cm³/mol. The summed E-state index contributed by atoms with van der Waals surface area (Å²) in [7, 11) is 0. The van der Waals surface area contributed by atoms with E-state index in [1.807, 2.05) is 0 Å². The van der Waals surface area contributed by atoms with Crippen molar-refractivity contribution in [2.45, 2.75) is 36.8 Å². The van der Waals surface area contributed by atoms with Crippen LogP contribution in [0.3, 0.4) is 0 Å². The number of nitrogens with zero attached hydrogens (tertiary/aromatic N) is 1. The smallest absolute Gasteiger partial charge is 0.349 e. The van der Waals surface area contributed by atoms with Gasteiger partial charge in [0.15, 0.2) is 6.23 Å². The molecule has 0 aromatic carbocycles. The molecule has 20 heavy (non-hydrogen) atoms. The van der Waals surface area contributed by atoms with Crippen molar-refractivity contribution in [3.05, 3.63) is 0 Å². The zero-order valence-electron chi connectivity index (χ0n) is 10.3. The molecule has 5 atom stereocenters. The van der Waals surface area contributed by atoms with E-state index in [0.717, 1.165) is 4.90 Å². The zero-order chi connectivity index (χ0) is 15.1. The number of aliphatic hydroxyl groups is 3. The number of carboxylic acids is 1. The molecule has 0 spiro atoms. The minimum atomic E-state index is -3.26. The van der Waals surface area contributed by atoms with Crippen LogP contribution in [-0.4, -0.2) is 80.8 Å². The minimum Gasteiger partial charge on any atom is -0.479 e. The predicted octanol–water partition coefficient (Wildman–Crippen LogP) is -2.41. The minimum absolute atomic E-state index is 0.0428. The number of carbonyl (C=O) groups is 2. The monoisotopic (exact) mass is 294 g/mol. The molecule has 2 aliphatic heterocycles. The van der Waals surface area contributed by atoms with Gasteiger partial charge >= 0.3 is 12.0 Å². The Bertz CT molecular complexity index is 422. The number of hydrogen-bond donors (Lipinski definition) is 5. The molecule has 114 valence electrons. The molecule has 2 unspecified atom stereocenters. The maximum absolute atomic E-state index is 14.6. The number of hydrogen-bond acceptors (Lipinski definition) is 6. The fourth-order valence-electron chi connectivity index (χ4n) is 2.32. The van der Waals surface area contributed by atoms with Crippen LogP contribution in [0.5, 0.6) is 0 Å². The Morgan fingerprint density at radius 1 is 1.55 bits per heavy atom. The summed E-state index contributed by atoms with van der Waals surface area (Å²) in [4.78, 5) is 23.5. The lowest BCUT2D eigenvalue weighted by molar-refractivity contribution is -0.168. The van der Waals surface area contributed by atoms with Crippen LogP contribution in [-0.2, 0) is 9.53 Å². The Kier molecular flexibility index (Phi) is 3.82. The van der Waals surface area contributed by atoms with Crippen molar-refractivity contribution < 1.29 is 39.1 Å². The highest BCUT2D eigenvalue weighted by atomic mass is 19.1. The summed E-state index contributed by atoms with van der Waals surface area (Å²) < 4.78 is 19.6. The van der Waals surface area contributed by atoms with Crippen molar-refractivity contribution in [2.24, 2.45) is 0 Å². The molecule has 0 radical (unpaired) electrons. The molecule has 2 aliphatic rings. The molecule has 2 fully saturated rings. The number of amides is 2. The second-order valence-electron chi connectivity index (χ2n) is 4.67. The average molecular weight is 294 g/mol. The SMILES string of the molecule is O=C1NC(O)CCN1C1O[C@H](CO)[C@@H](O)[C@]1(F)C(=O)O. The Morgan fingerprint density at radius 2 is 2.20 bits per heavy atom. The maximum Gasteiger partial charge on any atom is 0.349 e. The van der Waals surface area contributed by atoms with Gasteiger partial charge in [-0.25, -0.2) is 14.0 Å². The summed E-state index contributed by atoms with van der Waals surface area (Å²) in [5, 5.41) is 39.0. The molecule has 2 saturated heterocycles. The third-order valence-electron chi connectivity index (χ3n) is 3.43. The van der Waals surface area contributed by atoms with E-state index in [1.54, 1.807) is 0 Å². The normalized spacial score (nSPS) is 41.6. The van der Waals surface area contributed by atoms with Gasteiger partial charge in [-0.05, 0) is 0 Å². The molecule has 2 heterocycles. The zero-order valence-corrected chi connectivity index (χ0v) is 10.3. The van der Waals surface area contributed by atoms with Crippen LogP contribution in [0.2, 0.25) is 0 Å². The summed E-state index contributed by atoms with van der Waals surface area (Å²) in [6.45, 7) is -0.948. The molecule has 0 saturated carbocycles. The van der Waals surface area contributed by atoms with Crippen molar-refractivity contribution in [3.8, 4) is 0 Å². The van der Waals surface area contributed by atoms with Crippen LogP contribution < -0.4 is 5.32 Å².